The van der Waals surface area contributed by atoms with Crippen LogP contribution in [-0.2, 0) is 0 Å². The second kappa shape index (κ2) is 6.27. The van der Waals surface area contributed by atoms with Gasteiger partial charge in [0.25, 0.3) is 0 Å². The normalized spacial score (nSPS) is 10.7. The van der Waals surface area contributed by atoms with E-state index in [2.05, 4.69) is 0 Å². The third kappa shape index (κ3) is 8.15. The monoisotopic (exact) mass is 155 g/mol. The number of hydrogen-bond donors (Lipinski definition) is 0. The Morgan fingerprint density at radius 2 is 1.78 bits per heavy atom. The van der Waals surface area contributed by atoms with Gasteiger partial charge < -0.3 is 0 Å². The minimum Gasteiger partial charge on any atom is -0.200 e. The molecule has 1 radical (unpaired) electrons. The fourth-order valence-corrected chi connectivity index (χ4v) is 0.719. The molecule has 0 aliphatic heterocycles. The van der Waals surface area contributed by atoms with Gasteiger partial charge in [-0.2, -0.15) is 8.78 Å². The quantitative estimate of drug-likeness (QED) is 0.423. The summed E-state index contributed by atoms with van der Waals surface area (Å²) >= 11 is 5.32. The first-order valence-corrected chi connectivity index (χ1v) is 3.53. The molecule has 0 N–H and O–H groups in total. The van der Waals surface area contributed by atoms with Crippen molar-refractivity contribution in [1.82, 2.24) is 0 Å². The molecule has 0 rings (SSSR count). The van der Waals surface area contributed by atoms with Gasteiger partial charge in [-0.25, -0.2) is 0 Å². The highest BCUT2D eigenvalue weighted by Gasteiger charge is 2.02. The van der Waals surface area contributed by atoms with E-state index < -0.39 is 6.43 Å². The molecule has 3 heteroatoms. The lowest BCUT2D eigenvalue weighted by Gasteiger charge is -1.94. The molecule has 0 heterocycles. The van der Waals surface area contributed by atoms with E-state index in [1.54, 1.807) is 0 Å². The van der Waals surface area contributed by atoms with Crippen LogP contribution in [0.3, 0.4) is 0 Å². The molecule has 0 saturated carbocycles. The summed E-state index contributed by atoms with van der Waals surface area (Å²) in [6, 6.07) is 0. The van der Waals surface area contributed by atoms with Crippen LogP contribution in [-0.4, -0.2) is 5.88 Å². The molecule has 0 spiro atoms. The van der Waals surface area contributed by atoms with E-state index in [4.69, 9.17) is 11.6 Å². The van der Waals surface area contributed by atoms with Gasteiger partial charge in [0.05, 0.1) is 0 Å². The standard InChI is InChI=1S/C6H10ClF2/c7-5-3-1-2-4-6(8)9/h1-5H2. The summed E-state index contributed by atoms with van der Waals surface area (Å²) in [5.41, 5.74) is 0. The fourth-order valence-electron chi connectivity index (χ4n) is 0.530. The third-order valence-corrected chi connectivity index (χ3v) is 1.27. The van der Waals surface area contributed by atoms with Gasteiger partial charge >= 0.3 is 6.43 Å². The van der Waals surface area contributed by atoms with Gasteiger partial charge in [-0.3, -0.25) is 0 Å². The Balaban J connectivity index is 2.75. The number of rotatable bonds is 5. The largest absolute Gasteiger partial charge is 0.310 e. The zero-order chi connectivity index (χ0) is 7.11. The van der Waals surface area contributed by atoms with Crippen LogP contribution in [0, 0.1) is 6.43 Å². The van der Waals surface area contributed by atoms with E-state index in [1.807, 2.05) is 0 Å². The van der Waals surface area contributed by atoms with E-state index >= 15 is 0 Å². The molecule has 0 amide bonds. The fraction of sp³-hybridized carbons (Fsp3) is 0.833. The summed E-state index contributed by atoms with van der Waals surface area (Å²) in [6.07, 6.45) is 0.686. The second-order valence-corrected chi connectivity index (χ2v) is 2.22. The van der Waals surface area contributed by atoms with Crippen LogP contribution in [0.2, 0.25) is 0 Å². The SMILES string of the molecule is F[C](F)CCCCCCl. The molecule has 0 bridgehead atoms. The van der Waals surface area contributed by atoms with Gasteiger partial charge in [-0.05, 0) is 12.8 Å². The highest BCUT2D eigenvalue weighted by atomic mass is 35.5. The maximum absolute atomic E-state index is 11.3. The predicted molar refractivity (Wildman–Crippen MR) is 34.6 cm³/mol. The van der Waals surface area contributed by atoms with Gasteiger partial charge in [0.1, 0.15) is 0 Å². The van der Waals surface area contributed by atoms with Crippen LogP contribution in [0.15, 0.2) is 0 Å². The van der Waals surface area contributed by atoms with Gasteiger partial charge in [-0.1, -0.05) is 6.42 Å². The lowest BCUT2D eigenvalue weighted by Crippen LogP contribution is -1.82. The Morgan fingerprint density at radius 3 is 2.22 bits per heavy atom. The maximum atomic E-state index is 11.3. The number of hydrogen-bond acceptors (Lipinski definition) is 0. The minimum absolute atomic E-state index is 0.0586. The first-order valence-electron chi connectivity index (χ1n) is 3.00. The molecule has 0 nitrogen and oxygen atoms in total. The highest BCUT2D eigenvalue weighted by molar-refractivity contribution is 6.17. The Morgan fingerprint density at radius 1 is 1.11 bits per heavy atom. The topological polar surface area (TPSA) is 0 Å². The van der Waals surface area contributed by atoms with E-state index in [0.29, 0.717) is 12.3 Å². The van der Waals surface area contributed by atoms with Crippen molar-refractivity contribution in [3.63, 3.8) is 0 Å². The molecule has 0 saturated heterocycles. The zero-order valence-electron chi connectivity index (χ0n) is 5.17. The van der Waals surface area contributed by atoms with Crippen molar-refractivity contribution < 1.29 is 8.78 Å². The van der Waals surface area contributed by atoms with Crippen molar-refractivity contribution in [2.45, 2.75) is 25.7 Å². The predicted octanol–water partition coefficient (Wildman–Crippen LogP) is 3.21. The van der Waals surface area contributed by atoms with Crippen LogP contribution < -0.4 is 0 Å². The van der Waals surface area contributed by atoms with Crippen molar-refractivity contribution in [2.24, 2.45) is 0 Å². The Hall–Kier alpha value is 0.150. The number of alkyl halides is 1. The van der Waals surface area contributed by atoms with E-state index in [0.717, 1.165) is 12.8 Å². The van der Waals surface area contributed by atoms with Crippen molar-refractivity contribution in [3.8, 4) is 0 Å². The van der Waals surface area contributed by atoms with E-state index in [-0.39, 0.29) is 6.42 Å². The molecular weight excluding hydrogens is 146 g/mol. The van der Waals surface area contributed by atoms with Gasteiger partial charge in [0, 0.05) is 12.3 Å². The first kappa shape index (κ1) is 9.15. The summed E-state index contributed by atoms with van der Waals surface area (Å²) in [7, 11) is 0. The third-order valence-electron chi connectivity index (χ3n) is 0.999. The highest BCUT2D eigenvalue weighted by Crippen LogP contribution is 2.13. The van der Waals surface area contributed by atoms with Gasteiger partial charge in [0.2, 0.25) is 0 Å². The lowest BCUT2D eigenvalue weighted by atomic mass is 10.2. The molecule has 0 aromatic rings. The zero-order valence-corrected chi connectivity index (χ0v) is 5.93. The van der Waals surface area contributed by atoms with Crippen molar-refractivity contribution in [2.75, 3.05) is 5.88 Å². The summed E-state index contributed by atoms with van der Waals surface area (Å²) in [5.74, 6) is 0.577. The molecule has 0 aromatic heterocycles. The summed E-state index contributed by atoms with van der Waals surface area (Å²) in [6.45, 7) is 0. The summed E-state index contributed by atoms with van der Waals surface area (Å²) in [4.78, 5) is 0. The van der Waals surface area contributed by atoms with Crippen molar-refractivity contribution in [1.29, 1.82) is 0 Å². The van der Waals surface area contributed by atoms with Gasteiger partial charge in [-0.15, -0.1) is 11.6 Å². The number of halogens is 3. The first-order chi connectivity index (χ1) is 4.27. The summed E-state index contributed by atoms with van der Waals surface area (Å²) < 4.78 is 22.7. The molecule has 0 aromatic carbocycles. The average molecular weight is 156 g/mol. The van der Waals surface area contributed by atoms with Crippen LogP contribution in [0.5, 0.6) is 0 Å². The molecule has 0 fully saturated rings. The van der Waals surface area contributed by atoms with Crippen molar-refractivity contribution in [3.05, 3.63) is 6.43 Å². The molecule has 0 atom stereocenters. The van der Waals surface area contributed by atoms with Crippen LogP contribution in [0.25, 0.3) is 0 Å². The smallest absolute Gasteiger partial charge is 0.200 e. The maximum Gasteiger partial charge on any atom is 0.310 e. The van der Waals surface area contributed by atoms with Crippen LogP contribution in [0.4, 0.5) is 8.78 Å². The molecule has 0 unspecified atom stereocenters. The average Bonchev–Trinajstić information content (AvgIpc) is 1.80. The second-order valence-electron chi connectivity index (χ2n) is 1.84. The lowest BCUT2D eigenvalue weighted by molar-refractivity contribution is 0.264. The minimum atomic E-state index is -1.47. The summed E-state index contributed by atoms with van der Waals surface area (Å²) in [5, 5.41) is 0. The van der Waals surface area contributed by atoms with Crippen LogP contribution >= 0.6 is 11.6 Å². The molecule has 0 aliphatic rings. The molecule has 0 aliphatic carbocycles. The number of unbranched alkanes of at least 4 members (excludes halogenated alkanes) is 2. The Kier molecular flexibility index (Phi) is 6.38. The van der Waals surface area contributed by atoms with E-state index in [9.17, 15) is 8.78 Å². The molecule has 9 heavy (non-hydrogen) atoms. The molecule has 55 valence electrons. The van der Waals surface area contributed by atoms with Crippen LogP contribution in [0.1, 0.15) is 25.7 Å². The molecular formula is C6H10ClF2. The van der Waals surface area contributed by atoms with Gasteiger partial charge in [0.15, 0.2) is 0 Å². The van der Waals surface area contributed by atoms with E-state index in [1.165, 1.54) is 0 Å². The van der Waals surface area contributed by atoms with Crippen molar-refractivity contribution >= 4 is 11.6 Å². The Labute approximate surface area is 59.2 Å². The Bertz CT molecular complexity index is 57.0.